The van der Waals surface area contributed by atoms with Gasteiger partial charge in [0.15, 0.2) is 6.17 Å². The summed E-state index contributed by atoms with van der Waals surface area (Å²) in [5.41, 5.74) is 1.03. The van der Waals surface area contributed by atoms with E-state index < -0.39 is 51.4 Å². The number of hydrogen-bond acceptors (Lipinski definition) is 7. The van der Waals surface area contributed by atoms with E-state index in [1.54, 1.807) is 31.2 Å². The molecule has 1 heterocycles. The van der Waals surface area contributed by atoms with Crippen LogP contribution >= 0.6 is 0 Å². The number of benzene rings is 2. The molecule has 13 heteroatoms. The number of aliphatic carboxylic acids is 1. The molecule has 0 aliphatic carbocycles. The van der Waals surface area contributed by atoms with Gasteiger partial charge in [0.05, 0.1) is 23.1 Å². The summed E-state index contributed by atoms with van der Waals surface area (Å²) in [6.07, 6.45) is -1.89. The highest BCUT2D eigenvalue weighted by molar-refractivity contribution is 7.89. The number of rotatable bonds is 10. The van der Waals surface area contributed by atoms with E-state index >= 15 is 0 Å². The molecule has 3 rings (SSSR count). The molecule has 2 unspecified atom stereocenters. The summed E-state index contributed by atoms with van der Waals surface area (Å²) in [4.78, 5) is 50.1. The van der Waals surface area contributed by atoms with E-state index in [-0.39, 0.29) is 42.1 Å². The zero-order valence-corrected chi connectivity index (χ0v) is 21.2. The Kier molecular flexibility index (Phi) is 8.61. The smallest absolute Gasteiger partial charge is 0.305 e. The van der Waals surface area contributed by atoms with Crippen LogP contribution in [0.1, 0.15) is 47.3 Å². The van der Waals surface area contributed by atoms with Crippen LogP contribution in [0, 0.1) is 17.0 Å². The molecule has 0 aromatic heterocycles. The van der Waals surface area contributed by atoms with Gasteiger partial charge < -0.3 is 15.3 Å². The van der Waals surface area contributed by atoms with Crippen molar-refractivity contribution in [1.29, 1.82) is 0 Å². The molecular weight excluding hydrogens is 504 g/mol. The lowest BCUT2D eigenvalue weighted by Gasteiger charge is -2.30. The number of nitro benzene ring substituents is 1. The summed E-state index contributed by atoms with van der Waals surface area (Å²) in [6.45, 7) is 3.35. The first-order chi connectivity index (χ1) is 17.4. The van der Waals surface area contributed by atoms with Gasteiger partial charge in [-0.15, -0.1) is 0 Å². The Balaban J connectivity index is 1.99. The lowest BCUT2D eigenvalue weighted by molar-refractivity contribution is -0.384. The average Bonchev–Trinajstić information content (AvgIpc) is 3.30. The van der Waals surface area contributed by atoms with E-state index in [1.807, 2.05) is 6.92 Å². The molecule has 0 radical (unpaired) electrons. The van der Waals surface area contributed by atoms with Crippen LogP contribution in [-0.2, 0) is 19.6 Å². The van der Waals surface area contributed by atoms with E-state index in [0.717, 1.165) is 20.8 Å². The molecule has 0 bridgehead atoms. The Labute approximate surface area is 214 Å². The fraction of sp³-hybridized carbons (Fsp3) is 0.375. The predicted octanol–water partition coefficient (Wildman–Crippen LogP) is 2.06. The number of amides is 2. The fourth-order valence-corrected chi connectivity index (χ4v) is 5.77. The van der Waals surface area contributed by atoms with Crippen molar-refractivity contribution < 1.29 is 32.8 Å². The third kappa shape index (κ3) is 6.49. The van der Waals surface area contributed by atoms with Crippen LogP contribution in [-0.4, -0.2) is 70.4 Å². The van der Waals surface area contributed by atoms with Crippen molar-refractivity contribution in [3.63, 3.8) is 0 Å². The maximum absolute atomic E-state index is 13.6. The standard InChI is InChI=1S/C24H28N4O8S/c1-3-13-37(35,36)27-12-11-26(24(32)17-9-7-16(2)8-10-17)23(27)22(31)25-20(15-21(29)30)18-5-4-6-19(14-18)28(33)34/h4-10,14,20,23H,3,11-13,15H2,1-2H3,(H,25,31)(H,29,30). The zero-order valence-electron chi connectivity index (χ0n) is 20.4. The molecule has 2 amide bonds. The molecule has 198 valence electrons. The Morgan fingerprint density at radius 2 is 1.84 bits per heavy atom. The van der Waals surface area contributed by atoms with Crippen molar-refractivity contribution >= 4 is 33.5 Å². The number of non-ortho nitro benzene ring substituents is 1. The van der Waals surface area contributed by atoms with Crippen LogP contribution in [0.4, 0.5) is 5.69 Å². The van der Waals surface area contributed by atoms with Gasteiger partial charge in [-0.05, 0) is 31.0 Å². The van der Waals surface area contributed by atoms with Crippen molar-refractivity contribution in [2.45, 2.75) is 38.9 Å². The van der Waals surface area contributed by atoms with Crippen molar-refractivity contribution in [1.82, 2.24) is 14.5 Å². The minimum Gasteiger partial charge on any atom is -0.481 e. The van der Waals surface area contributed by atoms with Gasteiger partial charge >= 0.3 is 5.97 Å². The van der Waals surface area contributed by atoms with Gasteiger partial charge in [-0.1, -0.05) is 36.8 Å². The lowest BCUT2D eigenvalue weighted by Crippen LogP contribution is -2.54. The van der Waals surface area contributed by atoms with Gasteiger partial charge in [-0.3, -0.25) is 24.5 Å². The molecule has 1 saturated heterocycles. The predicted molar refractivity (Wildman–Crippen MR) is 133 cm³/mol. The Morgan fingerprint density at radius 3 is 2.43 bits per heavy atom. The molecule has 0 spiro atoms. The summed E-state index contributed by atoms with van der Waals surface area (Å²) in [7, 11) is -3.93. The number of hydrogen-bond donors (Lipinski definition) is 2. The van der Waals surface area contributed by atoms with E-state index in [9.17, 15) is 38.0 Å². The molecular formula is C24H28N4O8S. The molecule has 2 atom stereocenters. The summed E-state index contributed by atoms with van der Waals surface area (Å²) in [6, 6.07) is 10.5. The number of aryl methyl sites for hydroxylation is 1. The molecule has 1 aliphatic heterocycles. The van der Waals surface area contributed by atoms with E-state index in [1.165, 1.54) is 18.2 Å². The second-order valence-electron chi connectivity index (χ2n) is 8.68. The quantitative estimate of drug-likeness (QED) is 0.346. The molecule has 12 nitrogen and oxygen atoms in total. The fourth-order valence-electron chi connectivity index (χ4n) is 4.15. The second-order valence-corrected chi connectivity index (χ2v) is 10.7. The normalized spacial score (nSPS) is 16.8. The number of carboxylic acids is 1. The van der Waals surface area contributed by atoms with Crippen LogP contribution in [0.3, 0.4) is 0 Å². The molecule has 2 N–H and O–H groups in total. The van der Waals surface area contributed by atoms with Gasteiger partial charge in [0, 0.05) is 30.8 Å². The first kappa shape index (κ1) is 27.7. The summed E-state index contributed by atoms with van der Waals surface area (Å²) in [5.74, 6) is -2.99. The maximum atomic E-state index is 13.6. The van der Waals surface area contributed by atoms with Crippen LogP contribution < -0.4 is 5.32 Å². The molecule has 1 aliphatic rings. The van der Waals surface area contributed by atoms with Crippen molar-refractivity contribution in [2.75, 3.05) is 18.8 Å². The molecule has 0 saturated carbocycles. The molecule has 2 aromatic carbocycles. The monoisotopic (exact) mass is 532 g/mol. The van der Waals surface area contributed by atoms with Crippen molar-refractivity contribution in [3.05, 3.63) is 75.3 Å². The number of sulfonamides is 1. The van der Waals surface area contributed by atoms with E-state index in [0.29, 0.717) is 0 Å². The topological polar surface area (TPSA) is 167 Å². The number of nitro groups is 1. The highest BCUT2D eigenvalue weighted by atomic mass is 32.2. The number of carbonyl (C=O) groups is 3. The van der Waals surface area contributed by atoms with Crippen LogP contribution in [0.15, 0.2) is 48.5 Å². The zero-order chi connectivity index (χ0) is 27.3. The number of carbonyl (C=O) groups excluding carboxylic acids is 2. The van der Waals surface area contributed by atoms with Gasteiger partial charge in [0.2, 0.25) is 10.0 Å². The third-order valence-corrected chi connectivity index (χ3v) is 7.94. The highest BCUT2D eigenvalue weighted by Crippen LogP contribution is 2.26. The Morgan fingerprint density at radius 1 is 1.16 bits per heavy atom. The molecule has 37 heavy (non-hydrogen) atoms. The second kappa shape index (κ2) is 11.5. The summed E-state index contributed by atoms with van der Waals surface area (Å²) >= 11 is 0. The first-order valence-corrected chi connectivity index (χ1v) is 13.2. The van der Waals surface area contributed by atoms with Gasteiger partial charge in [-0.25, -0.2) is 8.42 Å². The van der Waals surface area contributed by atoms with Gasteiger partial charge in [0.25, 0.3) is 17.5 Å². The van der Waals surface area contributed by atoms with Crippen LogP contribution in [0.5, 0.6) is 0 Å². The van der Waals surface area contributed by atoms with Gasteiger partial charge in [0.1, 0.15) is 0 Å². The Hall–Kier alpha value is -3.84. The maximum Gasteiger partial charge on any atom is 0.305 e. The first-order valence-electron chi connectivity index (χ1n) is 11.6. The summed E-state index contributed by atoms with van der Waals surface area (Å²) < 4.78 is 26.9. The van der Waals surface area contributed by atoms with Crippen LogP contribution in [0.2, 0.25) is 0 Å². The summed E-state index contributed by atoms with van der Waals surface area (Å²) in [5, 5.41) is 23.1. The number of nitrogens with one attached hydrogen (secondary N) is 1. The lowest BCUT2D eigenvalue weighted by atomic mass is 10.0. The minimum absolute atomic E-state index is 0.0475. The minimum atomic E-state index is -3.93. The van der Waals surface area contributed by atoms with Crippen molar-refractivity contribution in [3.8, 4) is 0 Å². The SMILES string of the molecule is CCCS(=O)(=O)N1CCN(C(=O)c2ccc(C)cc2)C1C(=O)NC(CC(=O)O)c1cccc([N+](=O)[O-])c1. The van der Waals surface area contributed by atoms with Crippen molar-refractivity contribution in [2.24, 2.45) is 0 Å². The van der Waals surface area contributed by atoms with Gasteiger partial charge in [-0.2, -0.15) is 4.31 Å². The number of carboxylic acid groups (broad SMARTS) is 1. The average molecular weight is 533 g/mol. The molecule has 1 fully saturated rings. The number of nitrogens with zero attached hydrogens (tertiary/aromatic N) is 3. The largest absolute Gasteiger partial charge is 0.481 e. The highest BCUT2D eigenvalue weighted by Gasteiger charge is 2.46. The van der Waals surface area contributed by atoms with E-state index in [4.69, 9.17) is 0 Å². The molecule has 2 aromatic rings. The van der Waals surface area contributed by atoms with Crippen LogP contribution in [0.25, 0.3) is 0 Å². The Bertz CT molecular complexity index is 1300. The van der Waals surface area contributed by atoms with E-state index in [2.05, 4.69) is 5.32 Å². The third-order valence-electron chi connectivity index (χ3n) is 5.92.